The number of carbonyl (C=O) groups is 1. The minimum absolute atomic E-state index is 0. The van der Waals surface area contributed by atoms with E-state index in [1.54, 1.807) is 6.92 Å². The summed E-state index contributed by atoms with van der Waals surface area (Å²) < 4.78 is 18.2. The Labute approximate surface area is 126 Å². The van der Waals surface area contributed by atoms with E-state index in [0.717, 1.165) is 0 Å². The molecule has 0 aromatic heterocycles. The van der Waals surface area contributed by atoms with Crippen molar-refractivity contribution >= 4 is 41.6 Å². The molecule has 0 saturated carbocycles. The van der Waals surface area contributed by atoms with Crippen LogP contribution in [-0.4, -0.2) is 23.9 Å². The highest BCUT2D eigenvalue weighted by Crippen LogP contribution is 2.35. The Hall–Kier alpha value is -0.750. The molecule has 0 saturated heterocycles. The Morgan fingerprint density at radius 2 is 2.11 bits per heavy atom. The quantitative estimate of drug-likeness (QED) is 0.831. The third-order valence-electron chi connectivity index (χ3n) is 2.23. The molecule has 19 heavy (non-hydrogen) atoms. The molecule has 1 rings (SSSR count). The van der Waals surface area contributed by atoms with Gasteiger partial charge >= 0.3 is 5.97 Å². The van der Waals surface area contributed by atoms with Gasteiger partial charge in [-0.15, -0.1) is 12.4 Å². The summed E-state index contributed by atoms with van der Waals surface area (Å²) in [5.74, 6) is -1.47. The number of halogens is 4. The lowest BCUT2D eigenvalue weighted by atomic mass is 10.0. The average Bonchev–Trinajstić information content (AvgIpc) is 2.26. The minimum Gasteiger partial charge on any atom is -0.507 e. The zero-order valence-corrected chi connectivity index (χ0v) is 12.2. The maximum absolute atomic E-state index is 13.7. The molecule has 0 fully saturated rings. The Morgan fingerprint density at radius 3 is 2.58 bits per heavy atom. The van der Waals surface area contributed by atoms with E-state index in [1.807, 2.05) is 0 Å². The lowest BCUT2D eigenvalue weighted by molar-refractivity contribution is -0.149. The molecule has 0 aliphatic carbocycles. The van der Waals surface area contributed by atoms with Gasteiger partial charge in [0.05, 0.1) is 17.7 Å². The first-order chi connectivity index (χ1) is 8.38. The van der Waals surface area contributed by atoms with Crippen molar-refractivity contribution in [1.29, 1.82) is 0 Å². The third kappa shape index (κ3) is 4.38. The maximum Gasteiger partial charge on any atom is 0.342 e. The van der Waals surface area contributed by atoms with Gasteiger partial charge < -0.3 is 15.6 Å². The molecule has 3 N–H and O–H groups in total. The number of carbonyl (C=O) groups excluding carboxylic acids is 1. The first-order valence-corrected chi connectivity index (χ1v) is 5.88. The van der Waals surface area contributed by atoms with Crippen molar-refractivity contribution < 1.29 is 19.0 Å². The van der Waals surface area contributed by atoms with Crippen LogP contribution in [0.25, 0.3) is 0 Å². The normalized spacial score (nSPS) is 13.3. The molecule has 0 bridgehead atoms. The van der Waals surface area contributed by atoms with Crippen molar-refractivity contribution in [3.05, 3.63) is 27.7 Å². The van der Waals surface area contributed by atoms with Crippen LogP contribution < -0.4 is 5.73 Å². The first kappa shape index (κ1) is 18.2. The number of rotatable bonds is 4. The van der Waals surface area contributed by atoms with Crippen LogP contribution in [-0.2, 0) is 9.53 Å². The highest BCUT2D eigenvalue weighted by molar-refractivity contribution is 6.35. The van der Waals surface area contributed by atoms with Gasteiger partial charge in [-0.1, -0.05) is 23.2 Å². The van der Waals surface area contributed by atoms with Gasteiger partial charge in [0.2, 0.25) is 6.17 Å². The van der Waals surface area contributed by atoms with Crippen molar-refractivity contribution in [1.82, 2.24) is 0 Å². The van der Waals surface area contributed by atoms with E-state index in [2.05, 4.69) is 4.74 Å². The Kier molecular flexibility index (Phi) is 7.44. The summed E-state index contributed by atoms with van der Waals surface area (Å²) in [6.45, 7) is 1.58. The number of benzene rings is 1. The van der Waals surface area contributed by atoms with Crippen molar-refractivity contribution in [3.8, 4) is 5.75 Å². The Bertz CT molecular complexity index is 436. The predicted molar refractivity (Wildman–Crippen MR) is 73.8 cm³/mol. The molecular formula is C11H13Cl3FNO3. The molecule has 0 heterocycles. The van der Waals surface area contributed by atoms with Gasteiger partial charge in [0.25, 0.3) is 0 Å². The second kappa shape index (κ2) is 7.75. The zero-order chi connectivity index (χ0) is 13.9. The summed E-state index contributed by atoms with van der Waals surface area (Å²) in [6, 6.07) is 1.05. The molecule has 0 aliphatic rings. The molecule has 2 atom stereocenters. The fraction of sp³-hybridized carbons (Fsp3) is 0.364. The minimum atomic E-state index is -2.12. The molecule has 108 valence electrons. The fourth-order valence-corrected chi connectivity index (χ4v) is 2.02. The smallest absolute Gasteiger partial charge is 0.342 e. The number of ether oxygens (including phenoxy) is 1. The number of phenolic OH excluding ortho intramolecular Hbond substituents is 1. The lowest BCUT2D eigenvalue weighted by Crippen LogP contribution is -2.31. The van der Waals surface area contributed by atoms with Crippen LogP contribution in [0.1, 0.15) is 18.5 Å². The van der Waals surface area contributed by atoms with Gasteiger partial charge in [0.1, 0.15) is 5.75 Å². The van der Waals surface area contributed by atoms with E-state index in [-0.39, 0.29) is 40.4 Å². The van der Waals surface area contributed by atoms with E-state index in [0.29, 0.717) is 0 Å². The molecule has 1 unspecified atom stereocenters. The second-order valence-electron chi connectivity index (χ2n) is 3.50. The summed E-state index contributed by atoms with van der Waals surface area (Å²) in [6.07, 6.45) is -2.12. The van der Waals surface area contributed by atoms with Crippen LogP contribution in [0.4, 0.5) is 4.39 Å². The number of hydrogen-bond donors (Lipinski definition) is 2. The number of esters is 1. The number of aromatic hydroxyl groups is 1. The average molecular weight is 333 g/mol. The van der Waals surface area contributed by atoms with Crippen molar-refractivity contribution in [2.24, 2.45) is 5.73 Å². The van der Waals surface area contributed by atoms with Crippen molar-refractivity contribution in [2.45, 2.75) is 19.1 Å². The molecule has 0 radical (unpaired) electrons. The summed E-state index contributed by atoms with van der Waals surface area (Å²) in [4.78, 5) is 11.2. The molecular weight excluding hydrogens is 319 g/mol. The lowest BCUT2D eigenvalue weighted by Gasteiger charge is -2.18. The first-order valence-electron chi connectivity index (χ1n) is 5.12. The van der Waals surface area contributed by atoms with Gasteiger partial charge in [0.15, 0.2) is 0 Å². The number of hydrogen-bond acceptors (Lipinski definition) is 4. The fourth-order valence-electron chi connectivity index (χ4n) is 1.42. The standard InChI is InChI=1S/C11H12Cl2FNO3.ClH/c1-2-18-11(17)9(14)10(15)8-6(13)3-5(12)4-7(8)16;/h3-4,9-10,16H,2,15H2,1H3;1H/t9?,10-;/m0./s1. The van der Waals surface area contributed by atoms with E-state index < -0.39 is 18.2 Å². The van der Waals surface area contributed by atoms with Gasteiger partial charge in [-0.2, -0.15) is 0 Å². The molecule has 8 heteroatoms. The Balaban J connectivity index is 0.00000324. The van der Waals surface area contributed by atoms with Crippen LogP contribution in [0.2, 0.25) is 10.0 Å². The highest BCUT2D eigenvalue weighted by Gasteiger charge is 2.31. The summed E-state index contributed by atoms with van der Waals surface area (Å²) >= 11 is 11.5. The van der Waals surface area contributed by atoms with E-state index in [1.165, 1.54) is 12.1 Å². The predicted octanol–water partition coefficient (Wildman–Crippen LogP) is 3.02. The SMILES string of the molecule is CCOC(=O)C(F)[C@@H](N)c1c(O)cc(Cl)cc1Cl.Cl. The Morgan fingerprint density at radius 1 is 1.53 bits per heavy atom. The van der Waals surface area contributed by atoms with Crippen LogP contribution in [0.3, 0.4) is 0 Å². The summed E-state index contributed by atoms with van der Waals surface area (Å²) in [5, 5.41) is 9.80. The highest BCUT2D eigenvalue weighted by atomic mass is 35.5. The maximum atomic E-state index is 13.7. The molecule has 1 aromatic rings. The second-order valence-corrected chi connectivity index (χ2v) is 4.34. The van der Waals surface area contributed by atoms with Crippen molar-refractivity contribution in [2.75, 3.05) is 6.61 Å². The van der Waals surface area contributed by atoms with Crippen LogP contribution in [0.5, 0.6) is 5.75 Å². The molecule has 0 amide bonds. The summed E-state index contributed by atoms with van der Waals surface area (Å²) in [5.41, 5.74) is 5.48. The third-order valence-corrected chi connectivity index (χ3v) is 2.76. The van der Waals surface area contributed by atoms with Gasteiger partial charge in [0, 0.05) is 10.6 Å². The molecule has 0 aliphatic heterocycles. The summed E-state index contributed by atoms with van der Waals surface area (Å²) in [7, 11) is 0. The molecule has 1 aromatic carbocycles. The topological polar surface area (TPSA) is 72.5 Å². The van der Waals surface area contributed by atoms with E-state index >= 15 is 0 Å². The van der Waals surface area contributed by atoms with Crippen molar-refractivity contribution in [3.63, 3.8) is 0 Å². The molecule has 0 spiro atoms. The van der Waals surface area contributed by atoms with Gasteiger partial charge in [-0.25, -0.2) is 9.18 Å². The number of phenols is 1. The number of alkyl halides is 1. The van der Waals surface area contributed by atoms with Gasteiger partial charge in [-0.05, 0) is 19.1 Å². The van der Waals surface area contributed by atoms with Crippen LogP contribution >= 0.6 is 35.6 Å². The van der Waals surface area contributed by atoms with Crippen LogP contribution in [0, 0.1) is 0 Å². The number of nitrogens with two attached hydrogens (primary N) is 1. The largest absolute Gasteiger partial charge is 0.507 e. The monoisotopic (exact) mass is 331 g/mol. The molecule has 4 nitrogen and oxygen atoms in total. The van der Waals surface area contributed by atoms with Gasteiger partial charge in [-0.3, -0.25) is 0 Å². The van der Waals surface area contributed by atoms with E-state index in [9.17, 15) is 14.3 Å². The van der Waals surface area contributed by atoms with E-state index in [4.69, 9.17) is 28.9 Å². The zero-order valence-electron chi connectivity index (χ0n) is 9.90. The van der Waals surface area contributed by atoms with Crippen LogP contribution in [0.15, 0.2) is 12.1 Å².